The average molecular weight is 337 g/mol. The fraction of sp³-hybridized carbons (Fsp3) is 0.235. The van der Waals surface area contributed by atoms with Crippen molar-refractivity contribution in [3.63, 3.8) is 0 Å². The van der Waals surface area contributed by atoms with E-state index in [9.17, 15) is 13.6 Å². The zero-order chi connectivity index (χ0) is 16.7. The summed E-state index contributed by atoms with van der Waals surface area (Å²) in [5.74, 6) is -2.02. The highest BCUT2D eigenvalue weighted by molar-refractivity contribution is 7.99. The van der Waals surface area contributed by atoms with Crippen molar-refractivity contribution < 1.29 is 18.3 Å². The Balaban J connectivity index is 1.97. The molecule has 0 aliphatic carbocycles. The number of methoxy groups -OCH3 is 1. The molecular formula is C17H17F2NO2S. The Bertz CT molecular complexity index is 665. The van der Waals surface area contributed by atoms with Gasteiger partial charge >= 0.3 is 0 Å². The number of amides is 1. The van der Waals surface area contributed by atoms with Gasteiger partial charge in [0.25, 0.3) is 5.76 Å². The molecule has 6 heteroatoms. The first kappa shape index (κ1) is 17.3. The van der Waals surface area contributed by atoms with Crippen LogP contribution in [-0.4, -0.2) is 18.8 Å². The summed E-state index contributed by atoms with van der Waals surface area (Å²) in [6, 6.07) is 14.0. The highest BCUT2D eigenvalue weighted by Crippen LogP contribution is 2.31. The number of thioether (sulfide) groups is 1. The van der Waals surface area contributed by atoms with Crippen LogP contribution in [0.15, 0.2) is 53.4 Å². The molecule has 0 saturated carbocycles. The van der Waals surface area contributed by atoms with Gasteiger partial charge in [0.15, 0.2) is 0 Å². The van der Waals surface area contributed by atoms with Gasteiger partial charge in [-0.2, -0.15) is 8.78 Å². The van der Waals surface area contributed by atoms with Crippen LogP contribution in [0.1, 0.15) is 12.0 Å². The lowest BCUT2D eigenvalue weighted by Crippen LogP contribution is -2.13. The maximum absolute atomic E-state index is 12.5. The zero-order valence-electron chi connectivity index (χ0n) is 12.6. The normalized spacial score (nSPS) is 10.6. The third kappa shape index (κ3) is 5.25. The van der Waals surface area contributed by atoms with Gasteiger partial charge in [-0.15, -0.1) is 0 Å². The summed E-state index contributed by atoms with van der Waals surface area (Å²) in [6.07, 6.45) is 0.758. The maximum Gasteiger partial charge on any atom is 0.288 e. The SMILES string of the molecule is COc1ccccc1CCC(=O)Nc1ccccc1SC(F)F. The molecule has 0 aromatic heterocycles. The molecule has 2 aromatic carbocycles. The molecule has 1 amide bonds. The molecule has 0 atom stereocenters. The number of hydrogen-bond acceptors (Lipinski definition) is 3. The standard InChI is InChI=1S/C17H17F2NO2S/c1-22-14-8-4-2-6-12(14)10-11-16(21)20-13-7-3-5-9-15(13)23-17(18)19/h2-9,17H,10-11H2,1H3,(H,20,21). The van der Waals surface area contributed by atoms with Crippen LogP contribution in [0.4, 0.5) is 14.5 Å². The van der Waals surface area contributed by atoms with Gasteiger partial charge in [0.2, 0.25) is 5.91 Å². The quantitative estimate of drug-likeness (QED) is 0.752. The molecule has 0 radical (unpaired) electrons. The van der Waals surface area contributed by atoms with E-state index in [2.05, 4.69) is 5.32 Å². The number of para-hydroxylation sites is 2. The summed E-state index contributed by atoms with van der Waals surface area (Å²) in [6.45, 7) is 0. The maximum atomic E-state index is 12.5. The van der Waals surface area contributed by atoms with Gasteiger partial charge in [-0.05, 0) is 30.2 Å². The Hall–Kier alpha value is -2.08. The highest BCUT2D eigenvalue weighted by Gasteiger charge is 2.12. The van der Waals surface area contributed by atoms with Gasteiger partial charge < -0.3 is 10.1 Å². The lowest BCUT2D eigenvalue weighted by atomic mass is 10.1. The van der Waals surface area contributed by atoms with Crippen molar-refractivity contribution in [3.05, 3.63) is 54.1 Å². The summed E-state index contributed by atoms with van der Waals surface area (Å²) < 4.78 is 30.3. The van der Waals surface area contributed by atoms with Crippen LogP contribution in [0.25, 0.3) is 0 Å². The van der Waals surface area contributed by atoms with Crippen molar-refractivity contribution in [3.8, 4) is 5.75 Å². The first-order chi connectivity index (χ1) is 11.1. The van der Waals surface area contributed by atoms with Crippen molar-refractivity contribution in [1.29, 1.82) is 0 Å². The molecule has 0 fully saturated rings. The van der Waals surface area contributed by atoms with Crippen LogP contribution >= 0.6 is 11.8 Å². The van der Waals surface area contributed by atoms with E-state index < -0.39 is 5.76 Å². The predicted molar refractivity (Wildman–Crippen MR) is 88.2 cm³/mol. The molecule has 1 N–H and O–H groups in total. The first-order valence-electron chi connectivity index (χ1n) is 7.05. The molecule has 0 heterocycles. The average Bonchev–Trinajstić information content (AvgIpc) is 2.54. The highest BCUT2D eigenvalue weighted by atomic mass is 32.2. The number of nitrogens with one attached hydrogen (secondary N) is 1. The van der Waals surface area contributed by atoms with Crippen LogP contribution in [0.2, 0.25) is 0 Å². The number of rotatable bonds is 7. The van der Waals surface area contributed by atoms with Crippen LogP contribution in [0.5, 0.6) is 5.75 Å². The number of hydrogen-bond donors (Lipinski definition) is 1. The molecule has 23 heavy (non-hydrogen) atoms. The minimum Gasteiger partial charge on any atom is -0.496 e. The molecule has 0 unspecified atom stereocenters. The molecule has 3 nitrogen and oxygen atoms in total. The van der Waals surface area contributed by atoms with Crippen LogP contribution < -0.4 is 10.1 Å². The minimum atomic E-state index is -2.53. The number of aryl methyl sites for hydroxylation is 1. The van der Waals surface area contributed by atoms with E-state index in [-0.39, 0.29) is 12.3 Å². The predicted octanol–water partition coefficient (Wildman–Crippen LogP) is 4.58. The second kappa shape index (κ2) is 8.53. The van der Waals surface area contributed by atoms with E-state index in [0.717, 1.165) is 11.3 Å². The van der Waals surface area contributed by atoms with Crippen molar-refractivity contribution >= 4 is 23.4 Å². The van der Waals surface area contributed by atoms with E-state index in [1.165, 1.54) is 0 Å². The van der Waals surface area contributed by atoms with Crippen LogP contribution in [0.3, 0.4) is 0 Å². The number of ether oxygens (including phenoxy) is 1. The molecule has 122 valence electrons. The number of benzene rings is 2. The summed E-state index contributed by atoms with van der Waals surface area (Å²) in [5.41, 5.74) is 1.34. The number of anilines is 1. The van der Waals surface area contributed by atoms with E-state index in [0.29, 0.717) is 28.8 Å². The Kier molecular flexibility index (Phi) is 6.40. The van der Waals surface area contributed by atoms with Gasteiger partial charge in [0.05, 0.1) is 12.8 Å². The number of carbonyl (C=O) groups is 1. The summed E-state index contributed by atoms with van der Waals surface area (Å²) >= 11 is 0.420. The fourth-order valence-electron chi connectivity index (χ4n) is 2.14. The van der Waals surface area contributed by atoms with E-state index in [4.69, 9.17) is 4.74 Å². The Morgan fingerprint density at radius 2 is 1.87 bits per heavy atom. The third-order valence-electron chi connectivity index (χ3n) is 3.19. The smallest absolute Gasteiger partial charge is 0.288 e. The topological polar surface area (TPSA) is 38.3 Å². The molecule has 2 aromatic rings. The largest absolute Gasteiger partial charge is 0.496 e. The molecule has 0 aliphatic rings. The molecule has 0 aliphatic heterocycles. The molecule has 0 saturated heterocycles. The number of carbonyl (C=O) groups excluding carboxylic acids is 1. The summed E-state index contributed by atoms with van der Waals surface area (Å²) in [7, 11) is 1.58. The van der Waals surface area contributed by atoms with Crippen molar-refractivity contribution in [2.24, 2.45) is 0 Å². The lowest BCUT2D eigenvalue weighted by Gasteiger charge is -2.11. The summed E-state index contributed by atoms with van der Waals surface area (Å²) in [4.78, 5) is 12.4. The Labute approximate surface area is 138 Å². The summed E-state index contributed by atoms with van der Waals surface area (Å²) in [5, 5.41) is 2.69. The second-order valence-electron chi connectivity index (χ2n) is 4.73. The van der Waals surface area contributed by atoms with Gasteiger partial charge in [-0.25, -0.2) is 0 Å². The number of halogens is 2. The van der Waals surface area contributed by atoms with Crippen molar-refractivity contribution in [1.82, 2.24) is 0 Å². The van der Waals surface area contributed by atoms with E-state index in [1.54, 1.807) is 31.4 Å². The molecule has 0 bridgehead atoms. The second-order valence-corrected chi connectivity index (χ2v) is 5.77. The molecule has 2 rings (SSSR count). The number of alkyl halides is 2. The van der Waals surface area contributed by atoms with E-state index >= 15 is 0 Å². The van der Waals surface area contributed by atoms with Crippen LogP contribution in [-0.2, 0) is 11.2 Å². The van der Waals surface area contributed by atoms with Gasteiger partial charge in [-0.3, -0.25) is 4.79 Å². The van der Waals surface area contributed by atoms with Gasteiger partial charge in [0.1, 0.15) is 5.75 Å². The first-order valence-corrected chi connectivity index (χ1v) is 7.93. The van der Waals surface area contributed by atoms with Crippen molar-refractivity contribution in [2.75, 3.05) is 12.4 Å². The minimum absolute atomic E-state index is 0.224. The third-order valence-corrected chi connectivity index (χ3v) is 3.98. The monoisotopic (exact) mass is 337 g/mol. The van der Waals surface area contributed by atoms with Gasteiger partial charge in [-0.1, -0.05) is 42.1 Å². The zero-order valence-corrected chi connectivity index (χ0v) is 13.4. The molecule has 0 spiro atoms. The Morgan fingerprint density at radius 3 is 2.61 bits per heavy atom. The fourth-order valence-corrected chi connectivity index (χ4v) is 2.73. The lowest BCUT2D eigenvalue weighted by molar-refractivity contribution is -0.116. The molecular weight excluding hydrogens is 320 g/mol. The van der Waals surface area contributed by atoms with Crippen molar-refractivity contribution in [2.45, 2.75) is 23.5 Å². The van der Waals surface area contributed by atoms with Gasteiger partial charge in [0, 0.05) is 11.3 Å². The Morgan fingerprint density at radius 1 is 1.17 bits per heavy atom. The van der Waals surface area contributed by atoms with E-state index in [1.807, 2.05) is 24.3 Å². The van der Waals surface area contributed by atoms with Crippen LogP contribution in [0, 0.1) is 0 Å².